The molecule has 6 rings (SSSR count). The normalized spacial score (nSPS) is 20.3. The van der Waals surface area contributed by atoms with Gasteiger partial charge in [0.2, 0.25) is 0 Å². The Labute approximate surface area is 220 Å². The number of rotatable bonds is 7. The van der Waals surface area contributed by atoms with Gasteiger partial charge in [0.1, 0.15) is 6.33 Å². The summed E-state index contributed by atoms with van der Waals surface area (Å²) in [7, 11) is 1.61. The maximum absolute atomic E-state index is 16.3. The number of nitrogens with one attached hydrogen (secondary N) is 1. The Bertz CT molecular complexity index is 1510. The Morgan fingerprint density at radius 2 is 2.03 bits per heavy atom. The summed E-state index contributed by atoms with van der Waals surface area (Å²) in [5, 5.41) is 4.90. The molecule has 198 valence electrons. The number of aromatic amines is 1. The van der Waals surface area contributed by atoms with Crippen molar-refractivity contribution in [2.75, 3.05) is 27.0 Å². The number of nitrogens with zero attached hydrogens (tertiary/aromatic N) is 6. The number of hydrogen-bond donors (Lipinski definition) is 1. The fourth-order valence-corrected chi connectivity index (χ4v) is 6.17. The summed E-state index contributed by atoms with van der Waals surface area (Å²) in [4.78, 5) is 18.3. The van der Waals surface area contributed by atoms with E-state index in [1.54, 1.807) is 17.8 Å². The summed E-state index contributed by atoms with van der Waals surface area (Å²) in [6, 6.07) is 2.59. The second-order valence-electron chi connectivity index (χ2n) is 10.7. The van der Waals surface area contributed by atoms with Gasteiger partial charge in [0.05, 0.1) is 49.5 Å². The Balaban J connectivity index is 1.34. The Kier molecular flexibility index (Phi) is 6.50. The van der Waals surface area contributed by atoms with Crippen LogP contribution in [0.15, 0.2) is 24.8 Å². The van der Waals surface area contributed by atoms with E-state index in [0.717, 1.165) is 42.5 Å². The molecule has 1 saturated carbocycles. The van der Waals surface area contributed by atoms with Crippen LogP contribution < -0.4 is 4.74 Å². The van der Waals surface area contributed by atoms with Crippen LogP contribution in [-0.2, 0) is 4.74 Å². The molecule has 1 saturated heterocycles. The molecule has 4 aromatic heterocycles. The standard InChI is InChI=1S/C28H32FN7O2/c1-16(2)23-24-21(34-26(23)18-9-22(37-4)28-32-14-33-36(28)11-18)10-31-27(25(24)29)17-5-7-19(8-6-17)35(15-30-3)20-12-38-13-20/h9-11,14,16-17,19-20,34H,5-8,12-13,15H2,1-2,4H3. The van der Waals surface area contributed by atoms with Gasteiger partial charge in [-0.05, 0) is 43.2 Å². The van der Waals surface area contributed by atoms with E-state index in [9.17, 15) is 0 Å². The average Bonchev–Trinajstić information content (AvgIpc) is 3.52. The molecule has 0 radical (unpaired) electrons. The predicted molar refractivity (Wildman–Crippen MR) is 142 cm³/mol. The molecule has 0 unspecified atom stereocenters. The van der Waals surface area contributed by atoms with Gasteiger partial charge in [-0.25, -0.2) is 25.4 Å². The predicted octanol–water partition coefficient (Wildman–Crippen LogP) is 5.15. The molecule has 1 N–H and O–H groups in total. The van der Waals surface area contributed by atoms with Crippen LogP contribution in [-0.4, -0.2) is 68.5 Å². The van der Waals surface area contributed by atoms with Crippen LogP contribution in [0, 0.1) is 12.4 Å². The van der Waals surface area contributed by atoms with Crippen LogP contribution in [0.2, 0.25) is 0 Å². The highest BCUT2D eigenvalue weighted by atomic mass is 19.1. The minimum absolute atomic E-state index is 0.0630. The third-order valence-corrected chi connectivity index (χ3v) is 8.15. The van der Waals surface area contributed by atoms with Crippen molar-refractivity contribution >= 4 is 16.6 Å². The number of methoxy groups -OCH3 is 1. The minimum atomic E-state index is -0.226. The van der Waals surface area contributed by atoms with Gasteiger partial charge in [-0.2, -0.15) is 5.10 Å². The highest BCUT2D eigenvalue weighted by Gasteiger charge is 2.37. The molecular weight excluding hydrogens is 485 g/mol. The van der Waals surface area contributed by atoms with E-state index in [2.05, 4.69) is 43.6 Å². The summed E-state index contributed by atoms with van der Waals surface area (Å²) in [5.41, 5.74) is 4.47. The van der Waals surface area contributed by atoms with E-state index < -0.39 is 0 Å². The van der Waals surface area contributed by atoms with Crippen molar-refractivity contribution in [3.8, 4) is 17.0 Å². The van der Waals surface area contributed by atoms with Crippen LogP contribution in [0.3, 0.4) is 0 Å². The molecule has 0 bridgehead atoms. The highest BCUT2D eigenvalue weighted by Crippen LogP contribution is 2.42. The first-order valence-electron chi connectivity index (χ1n) is 13.2. The molecule has 1 aliphatic carbocycles. The quantitative estimate of drug-likeness (QED) is 0.342. The van der Waals surface area contributed by atoms with Crippen LogP contribution in [0.5, 0.6) is 5.75 Å². The van der Waals surface area contributed by atoms with Crippen molar-refractivity contribution in [2.45, 2.75) is 63.5 Å². The van der Waals surface area contributed by atoms with E-state index in [-0.39, 0.29) is 17.7 Å². The number of pyridine rings is 2. The van der Waals surface area contributed by atoms with Crippen molar-refractivity contribution in [2.24, 2.45) is 0 Å². The summed E-state index contributed by atoms with van der Waals surface area (Å²) < 4.78 is 28.9. The van der Waals surface area contributed by atoms with Crippen LogP contribution in [0.1, 0.15) is 62.6 Å². The van der Waals surface area contributed by atoms with Crippen molar-refractivity contribution in [3.05, 3.63) is 53.3 Å². The zero-order chi connectivity index (χ0) is 26.4. The molecule has 2 fully saturated rings. The van der Waals surface area contributed by atoms with Gasteiger partial charge >= 0.3 is 0 Å². The largest absolute Gasteiger partial charge is 0.493 e. The molecule has 38 heavy (non-hydrogen) atoms. The van der Waals surface area contributed by atoms with Crippen LogP contribution in [0.25, 0.3) is 32.7 Å². The van der Waals surface area contributed by atoms with Crippen molar-refractivity contribution in [3.63, 3.8) is 0 Å². The van der Waals surface area contributed by atoms with E-state index in [0.29, 0.717) is 60.0 Å². The van der Waals surface area contributed by atoms with Crippen molar-refractivity contribution in [1.29, 1.82) is 0 Å². The molecule has 10 heteroatoms. The van der Waals surface area contributed by atoms with Crippen molar-refractivity contribution < 1.29 is 13.9 Å². The number of fused-ring (bicyclic) bond motifs is 2. The lowest BCUT2D eigenvalue weighted by Gasteiger charge is -2.41. The third-order valence-electron chi connectivity index (χ3n) is 8.15. The molecule has 0 amide bonds. The second-order valence-corrected chi connectivity index (χ2v) is 10.7. The average molecular weight is 518 g/mol. The summed E-state index contributed by atoms with van der Waals surface area (Å²) in [6.07, 6.45) is 8.73. The van der Waals surface area contributed by atoms with E-state index in [1.165, 1.54) is 6.33 Å². The Morgan fingerprint density at radius 3 is 2.68 bits per heavy atom. The van der Waals surface area contributed by atoms with Gasteiger partial charge in [0.25, 0.3) is 6.67 Å². The number of aromatic nitrogens is 5. The molecule has 4 aromatic rings. The van der Waals surface area contributed by atoms with Gasteiger partial charge < -0.3 is 14.5 Å². The smallest absolute Gasteiger partial charge is 0.271 e. The SMILES string of the molecule is [C-]#[N+]CN(C1CCC(c2ncc3[nH]c(-c4cc(OC)c5ncnn5c4)c(C(C)C)c3c2F)CC1)C1COC1. The zero-order valence-corrected chi connectivity index (χ0v) is 21.9. The lowest BCUT2D eigenvalue weighted by atomic mass is 9.82. The lowest BCUT2D eigenvalue weighted by molar-refractivity contribution is -0.0802. The minimum Gasteiger partial charge on any atom is -0.493 e. The molecule has 5 heterocycles. The fourth-order valence-electron chi connectivity index (χ4n) is 6.17. The summed E-state index contributed by atoms with van der Waals surface area (Å²) in [5.74, 6) is 0.512. The summed E-state index contributed by atoms with van der Waals surface area (Å²) >= 11 is 0. The van der Waals surface area contributed by atoms with Crippen molar-refractivity contribution in [1.82, 2.24) is 29.5 Å². The van der Waals surface area contributed by atoms with E-state index in [1.807, 2.05) is 12.3 Å². The lowest BCUT2D eigenvalue weighted by Crippen LogP contribution is -2.53. The number of H-pyrrole nitrogens is 1. The molecule has 2 aliphatic rings. The van der Waals surface area contributed by atoms with Crippen LogP contribution >= 0.6 is 0 Å². The van der Waals surface area contributed by atoms with Crippen LogP contribution in [0.4, 0.5) is 4.39 Å². The number of ether oxygens (including phenoxy) is 2. The summed E-state index contributed by atoms with van der Waals surface area (Å²) in [6.45, 7) is 13.3. The van der Waals surface area contributed by atoms with Gasteiger partial charge in [-0.1, -0.05) is 13.8 Å². The van der Waals surface area contributed by atoms with E-state index in [4.69, 9.17) is 16.0 Å². The van der Waals surface area contributed by atoms with Gasteiger partial charge in [0, 0.05) is 29.1 Å². The topological polar surface area (TPSA) is 84.9 Å². The number of hydrogen-bond acceptors (Lipinski definition) is 6. The number of halogens is 1. The third kappa shape index (κ3) is 4.10. The van der Waals surface area contributed by atoms with Gasteiger partial charge in [-0.15, -0.1) is 0 Å². The first kappa shape index (κ1) is 24.8. The van der Waals surface area contributed by atoms with Gasteiger partial charge in [0.15, 0.2) is 17.2 Å². The molecule has 0 spiro atoms. The van der Waals surface area contributed by atoms with Gasteiger partial charge in [-0.3, -0.25) is 9.83 Å². The van der Waals surface area contributed by atoms with E-state index >= 15 is 4.39 Å². The Hall–Kier alpha value is -3.55. The molecule has 9 nitrogen and oxygen atoms in total. The molecule has 0 atom stereocenters. The fraction of sp³-hybridized carbons (Fsp3) is 0.500. The molecule has 0 aromatic carbocycles. The maximum Gasteiger partial charge on any atom is 0.271 e. The maximum atomic E-state index is 16.3. The first-order chi connectivity index (χ1) is 18.5. The first-order valence-corrected chi connectivity index (χ1v) is 13.2. The zero-order valence-electron chi connectivity index (χ0n) is 21.9. The second kappa shape index (κ2) is 9.97. The molecular formula is C28H32FN7O2. The monoisotopic (exact) mass is 517 g/mol. The highest BCUT2D eigenvalue weighted by molar-refractivity contribution is 5.92. The Morgan fingerprint density at radius 1 is 1.24 bits per heavy atom. The molecule has 1 aliphatic heterocycles.